The summed E-state index contributed by atoms with van der Waals surface area (Å²) in [5, 5.41) is 3.82. The van der Waals surface area contributed by atoms with Crippen molar-refractivity contribution in [2.24, 2.45) is 0 Å². The Bertz CT molecular complexity index is 949. The normalized spacial score (nSPS) is 10.7. The van der Waals surface area contributed by atoms with Crippen LogP contribution < -0.4 is 5.32 Å². The molecule has 0 atom stereocenters. The van der Waals surface area contributed by atoms with Crippen molar-refractivity contribution in [3.05, 3.63) is 64.3 Å². The van der Waals surface area contributed by atoms with E-state index in [0.717, 1.165) is 26.5 Å². The molecule has 2 aromatic carbocycles. The zero-order valence-electron chi connectivity index (χ0n) is 14.3. The Hall–Kier alpha value is -2.60. The Morgan fingerprint density at radius 2 is 2.00 bits per heavy atom. The predicted molar refractivity (Wildman–Crippen MR) is 105 cm³/mol. The second-order valence-electron chi connectivity index (χ2n) is 6.05. The number of benzene rings is 2. The molecule has 1 aromatic heterocycles. The maximum absolute atomic E-state index is 11.9. The van der Waals surface area contributed by atoms with Crippen LogP contribution in [0.4, 0.5) is 5.69 Å². The van der Waals surface area contributed by atoms with Gasteiger partial charge in [0.25, 0.3) is 5.91 Å². The second-order valence-corrected chi connectivity index (χ2v) is 6.91. The summed E-state index contributed by atoms with van der Waals surface area (Å²) in [7, 11) is 0. The van der Waals surface area contributed by atoms with Crippen LogP contribution in [0.15, 0.2) is 53.1 Å². The molecule has 6 heteroatoms. The van der Waals surface area contributed by atoms with Crippen LogP contribution in [-0.4, -0.2) is 23.5 Å². The SMILES string of the molecule is Cc1ccc(NC(=O)COC(=O)CCc2c[nH]c3ccccc23)c(Br)c1. The molecule has 2 N–H and O–H groups in total. The zero-order chi connectivity index (χ0) is 18.5. The lowest BCUT2D eigenvalue weighted by molar-refractivity contribution is -0.147. The molecule has 0 spiro atoms. The number of halogens is 1. The summed E-state index contributed by atoms with van der Waals surface area (Å²) in [6.07, 6.45) is 2.69. The zero-order valence-corrected chi connectivity index (χ0v) is 15.9. The maximum atomic E-state index is 11.9. The minimum atomic E-state index is -0.395. The molecule has 134 valence electrons. The Labute approximate surface area is 159 Å². The van der Waals surface area contributed by atoms with Gasteiger partial charge in [0.15, 0.2) is 6.61 Å². The highest BCUT2D eigenvalue weighted by molar-refractivity contribution is 9.10. The highest BCUT2D eigenvalue weighted by Gasteiger charge is 2.11. The van der Waals surface area contributed by atoms with Crippen LogP contribution in [0.1, 0.15) is 17.5 Å². The average molecular weight is 415 g/mol. The Balaban J connectivity index is 1.47. The van der Waals surface area contributed by atoms with Crippen molar-refractivity contribution < 1.29 is 14.3 Å². The van der Waals surface area contributed by atoms with Gasteiger partial charge in [0, 0.05) is 28.0 Å². The van der Waals surface area contributed by atoms with E-state index in [1.54, 1.807) is 6.07 Å². The number of anilines is 1. The van der Waals surface area contributed by atoms with E-state index < -0.39 is 5.97 Å². The molecule has 5 nitrogen and oxygen atoms in total. The number of carbonyl (C=O) groups is 2. The molecular weight excluding hydrogens is 396 g/mol. The minimum absolute atomic E-state index is 0.226. The Kier molecular flexibility index (Phi) is 5.73. The first kappa shape index (κ1) is 18.2. The number of fused-ring (bicyclic) bond motifs is 1. The van der Waals surface area contributed by atoms with Crippen molar-refractivity contribution in [3.8, 4) is 0 Å². The quantitative estimate of drug-likeness (QED) is 0.588. The first-order valence-electron chi connectivity index (χ1n) is 8.29. The van der Waals surface area contributed by atoms with Crippen molar-refractivity contribution in [1.82, 2.24) is 4.98 Å². The Morgan fingerprint density at radius 1 is 1.19 bits per heavy atom. The summed E-state index contributed by atoms with van der Waals surface area (Å²) < 4.78 is 5.86. The van der Waals surface area contributed by atoms with Gasteiger partial charge in [-0.1, -0.05) is 24.3 Å². The molecule has 0 saturated heterocycles. The summed E-state index contributed by atoms with van der Waals surface area (Å²) >= 11 is 3.40. The number of aromatic amines is 1. The number of hydrogen-bond acceptors (Lipinski definition) is 3. The number of para-hydroxylation sites is 1. The van der Waals surface area contributed by atoms with E-state index in [1.165, 1.54) is 0 Å². The maximum Gasteiger partial charge on any atom is 0.306 e. The topological polar surface area (TPSA) is 71.2 Å². The van der Waals surface area contributed by atoms with E-state index in [9.17, 15) is 9.59 Å². The van der Waals surface area contributed by atoms with Crippen molar-refractivity contribution in [2.75, 3.05) is 11.9 Å². The molecule has 26 heavy (non-hydrogen) atoms. The monoisotopic (exact) mass is 414 g/mol. The van der Waals surface area contributed by atoms with Crippen molar-refractivity contribution in [2.45, 2.75) is 19.8 Å². The minimum Gasteiger partial charge on any atom is -0.456 e. The van der Waals surface area contributed by atoms with Crippen LogP contribution in [0.2, 0.25) is 0 Å². The summed E-state index contributed by atoms with van der Waals surface area (Å²) in [4.78, 5) is 27.0. The van der Waals surface area contributed by atoms with E-state index in [2.05, 4.69) is 26.2 Å². The highest BCUT2D eigenvalue weighted by Crippen LogP contribution is 2.23. The lowest BCUT2D eigenvalue weighted by atomic mass is 10.1. The number of nitrogens with one attached hydrogen (secondary N) is 2. The lowest BCUT2D eigenvalue weighted by Gasteiger charge is -2.09. The third-order valence-corrected chi connectivity index (χ3v) is 4.69. The van der Waals surface area contributed by atoms with Gasteiger partial charge in [0.1, 0.15) is 0 Å². The summed E-state index contributed by atoms with van der Waals surface area (Å²) in [6.45, 7) is 1.67. The molecule has 3 aromatic rings. The molecule has 0 unspecified atom stereocenters. The standard InChI is InChI=1S/C20H19BrN2O3/c1-13-6-8-18(16(21)10-13)23-19(24)12-26-20(25)9-7-14-11-22-17-5-3-2-4-15(14)17/h2-6,8,10-11,22H,7,9,12H2,1H3,(H,23,24). The molecule has 0 aliphatic carbocycles. The van der Waals surface area contributed by atoms with Crippen LogP contribution in [-0.2, 0) is 20.7 Å². The molecule has 1 heterocycles. The van der Waals surface area contributed by atoms with E-state index in [-0.39, 0.29) is 18.9 Å². The fraction of sp³-hybridized carbons (Fsp3) is 0.200. The molecule has 0 fully saturated rings. The van der Waals surface area contributed by atoms with Gasteiger partial charge < -0.3 is 15.0 Å². The first-order valence-corrected chi connectivity index (χ1v) is 9.09. The van der Waals surface area contributed by atoms with Crippen LogP contribution in [0.25, 0.3) is 10.9 Å². The number of rotatable bonds is 6. The number of H-pyrrole nitrogens is 1. The predicted octanol–water partition coefficient (Wildman–Crippen LogP) is 4.35. The molecule has 1 amide bonds. The molecule has 0 radical (unpaired) electrons. The molecule has 3 rings (SSSR count). The largest absolute Gasteiger partial charge is 0.456 e. The van der Waals surface area contributed by atoms with Crippen LogP contribution >= 0.6 is 15.9 Å². The van der Waals surface area contributed by atoms with Crippen molar-refractivity contribution >= 4 is 44.4 Å². The van der Waals surface area contributed by atoms with Gasteiger partial charge in [-0.25, -0.2) is 0 Å². The van der Waals surface area contributed by atoms with Gasteiger partial charge in [-0.3, -0.25) is 9.59 Å². The van der Waals surface area contributed by atoms with Crippen molar-refractivity contribution in [1.29, 1.82) is 0 Å². The highest BCUT2D eigenvalue weighted by atomic mass is 79.9. The fourth-order valence-electron chi connectivity index (χ4n) is 2.70. The molecular formula is C20H19BrN2O3. The van der Waals surface area contributed by atoms with Gasteiger partial charge in [-0.15, -0.1) is 0 Å². The van der Waals surface area contributed by atoms with Crippen LogP contribution in [0, 0.1) is 6.92 Å². The molecule has 0 aliphatic heterocycles. The average Bonchev–Trinajstić information content (AvgIpc) is 3.04. The first-order chi connectivity index (χ1) is 12.5. The van der Waals surface area contributed by atoms with Crippen LogP contribution in [0.5, 0.6) is 0 Å². The van der Waals surface area contributed by atoms with Gasteiger partial charge in [-0.2, -0.15) is 0 Å². The van der Waals surface area contributed by atoms with E-state index in [4.69, 9.17) is 4.74 Å². The lowest BCUT2D eigenvalue weighted by Crippen LogP contribution is -2.21. The summed E-state index contributed by atoms with van der Waals surface area (Å²) in [5.74, 6) is -0.761. The third kappa shape index (κ3) is 4.52. The van der Waals surface area contributed by atoms with Gasteiger partial charge >= 0.3 is 5.97 Å². The second kappa shape index (κ2) is 8.19. The van der Waals surface area contributed by atoms with E-state index >= 15 is 0 Å². The summed E-state index contributed by atoms with van der Waals surface area (Å²) in [6, 6.07) is 13.5. The van der Waals surface area contributed by atoms with Gasteiger partial charge in [0.05, 0.1) is 5.69 Å². The number of aryl methyl sites for hydroxylation is 2. The van der Waals surface area contributed by atoms with Gasteiger partial charge in [-0.05, 0) is 58.6 Å². The number of carbonyl (C=O) groups excluding carboxylic acids is 2. The number of ether oxygens (including phenoxy) is 1. The number of hydrogen-bond donors (Lipinski definition) is 2. The molecule has 0 saturated carbocycles. The Morgan fingerprint density at radius 3 is 2.81 bits per heavy atom. The molecule has 0 bridgehead atoms. The van der Waals surface area contributed by atoms with E-state index in [0.29, 0.717) is 12.1 Å². The number of esters is 1. The van der Waals surface area contributed by atoms with Gasteiger partial charge in [0.2, 0.25) is 0 Å². The van der Waals surface area contributed by atoms with Crippen LogP contribution in [0.3, 0.4) is 0 Å². The molecule has 0 aliphatic rings. The smallest absolute Gasteiger partial charge is 0.306 e. The third-order valence-electron chi connectivity index (χ3n) is 4.04. The fourth-order valence-corrected chi connectivity index (χ4v) is 3.29. The van der Waals surface area contributed by atoms with Crippen molar-refractivity contribution in [3.63, 3.8) is 0 Å². The van der Waals surface area contributed by atoms with E-state index in [1.807, 2.05) is 49.5 Å². The summed E-state index contributed by atoms with van der Waals surface area (Å²) in [5.41, 5.74) is 3.83. The number of aromatic nitrogens is 1. The number of amides is 1.